The van der Waals surface area contributed by atoms with Crippen molar-refractivity contribution in [2.45, 2.75) is 26.2 Å². The number of rotatable bonds is 7. The van der Waals surface area contributed by atoms with Crippen LogP contribution in [0.15, 0.2) is 47.6 Å². The molecule has 0 unspecified atom stereocenters. The molecule has 0 bridgehead atoms. The molecular formula is C18H20F4N4O. The number of aliphatic imine (C=N–C) groups is 1. The van der Waals surface area contributed by atoms with Crippen LogP contribution in [0.1, 0.15) is 18.1 Å². The summed E-state index contributed by atoms with van der Waals surface area (Å²) < 4.78 is 54.5. The maximum absolute atomic E-state index is 13.2. The number of pyridine rings is 1. The topological polar surface area (TPSA) is 58.5 Å². The largest absolute Gasteiger partial charge is 0.468 e. The average Bonchev–Trinajstić information content (AvgIpc) is 2.62. The van der Waals surface area contributed by atoms with Crippen molar-refractivity contribution in [2.75, 3.05) is 13.2 Å². The predicted octanol–water partition coefficient (Wildman–Crippen LogP) is 3.42. The summed E-state index contributed by atoms with van der Waals surface area (Å²) in [5.74, 6) is 0.0634. The van der Waals surface area contributed by atoms with Crippen LogP contribution in [0.5, 0.6) is 5.88 Å². The second kappa shape index (κ2) is 9.75. The van der Waals surface area contributed by atoms with Gasteiger partial charge in [0.1, 0.15) is 5.82 Å². The van der Waals surface area contributed by atoms with E-state index in [-0.39, 0.29) is 18.2 Å². The minimum Gasteiger partial charge on any atom is -0.468 e. The van der Waals surface area contributed by atoms with E-state index in [0.29, 0.717) is 24.6 Å². The Morgan fingerprint density at radius 3 is 2.67 bits per heavy atom. The van der Waals surface area contributed by atoms with Gasteiger partial charge in [-0.15, -0.1) is 0 Å². The molecule has 2 N–H and O–H groups in total. The second-order valence-corrected chi connectivity index (χ2v) is 5.58. The van der Waals surface area contributed by atoms with Gasteiger partial charge in [0, 0.05) is 25.4 Å². The van der Waals surface area contributed by atoms with Gasteiger partial charge in [0.2, 0.25) is 5.88 Å². The summed E-state index contributed by atoms with van der Waals surface area (Å²) in [5, 5.41) is 6.11. The van der Waals surface area contributed by atoms with Crippen molar-refractivity contribution >= 4 is 5.96 Å². The fraction of sp³-hybridized carbons (Fsp3) is 0.333. The molecule has 146 valence electrons. The molecule has 0 amide bonds. The predicted molar refractivity (Wildman–Crippen MR) is 93.8 cm³/mol. The Morgan fingerprint density at radius 1 is 1.15 bits per heavy atom. The minimum atomic E-state index is -4.42. The van der Waals surface area contributed by atoms with Crippen LogP contribution in [0.25, 0.3) is 0 Å². The molecule has 0 saturated heterocycles. The minimum absolute atomic E-state index is 0.103. The zero-order valence-electron chi connectivity index (χ0n) is 14.7. The SMILES string of the molecule is CCNC(=NCc1cccc(F)c1)NCc1ccnc(OCC(F)(F)F)c1. The van der Waals surface area contributed by atoms with E-state index in [1.807, 2.05) is 6.92 Å². The Kier molecular flexibility index (Phi) is 7.39. The third kappa shape index (κ3) is 7.93. The molecule has 27 heavy (non-hydrogen) atoms. The lowest BCUT2D eigenvalue weighted by Gasteiger charge is -2.12. The fourth-order valence-corrected chi connectivity index (χ4v) is 2.13. The highest BCUT2D eigenvalue weighted by molar-refractivity contribution is 5.79. The monoisotopic (exact) mass is 384 g/mol. The molecular weight excluding hydrogens is 364 g/mol. The van der Waals surface area contributed by atoms with Gasteiger partial charge >= 0.3 is 6.18 Å². The summed E-state index contributed by atoms with van der Waals surface area (Å²) in [6, 6.07) is 9.22. The van der Waals surface area contributed by atoms with Gasteiger partial charge in [-0.1, -0.05) is 12.1 Å². The Bertz CT molecular complexity index is 765. The molecule has 0 aliphatic heterocycles. The molecule has 1 aromatic carbocycles. The number of guanidine groups is 1. The second-order valence-electron chi connectivity index (χ2n) is 5.58. The third-order valence-corrected chi connectivity index (χ3v) is 3.30. The maximum Gasteiger partial charge on any atom is 0.422 e. The number of ether oxygens (including phenoxy) is 1. The van der Waals surface area contributed by atoms with Crippen molar-refractivity contribution in [2.24, 2.45) is 4.99 Å². The zero-order chi connectivity index (χ0) is 19.7. The van der Waals surface area contributed by atoms with Crippen LogP contribution >= 0.6 is 0 Å². The molecule has 0 aliphatic carbocycles. The highest BCUT2D eigenvalue weighted by Gasteiger charge is 2.28. The van der Waals surface area contributed by atoms with Crippen LogP contribution in [0, 0.1) is 5.82 Å². The molecule has 2 rings (SSSR count). The zero-order valence-corrected chi connectivity index (χ0v) is 14.7. The first-order valence-corrected chi connectivity index (χ1v) is 8.27. The lowest BCUT2D eigenvalue weighted by molar-refractivity contribution is -0.154. The quantitative estimate of drug-likeness (QED) is 0.436. The van der Waals surface area contributed by atoms with E-state index >= 15 is 0 Å². The fourth-order valence-electron chi connectivity index (χ4n) is 2.13. The van der Waals surface area contributed by atoms with Crippen molar-refractivity contribution in [3.63, 3.8) is 0 Å². The van der Waals surface area contributed by atoms with Gasteiger partial charge in [0.25, 0.3) is 0 Å². The highest BCUT2D eigenvalue weighted by atomic mass is 19.4. The van der Waals surface area contributed by atoms with Crippen molar-refractivity contribution < 1.29 is 22.3 Å². The highest BCUT2D eigenvalue weighted by Crippen LogP contribution is 2.17. The lowest BCUT2D eigenvalue weighted by Crippen LogP contribution is -2.36. The summed E-state index contributed by atoms with van der Waals surface area (Å²) in [6.45, 7) is 1.71. The van der Waals surface area contributed by atoms with E-state index in [1.165, 1.54) is 24.4 Å². The van der Waals surface area contributed by atoms with Crippen molar-refractivity contribution in [3.8, 4) is 5.88 Å². The molecule has 2 aromatic rings. The molecule has 0 atom stereocenters. The average molecular weight is 384 g/mol. The molecule has 0 fully saturated rings. The van der Waals surface area contributed by atoms with Crippen LogP contribution in [0.2, 0.25) is 0 Å². The smallest absolute Gasteiger partial charge is 0.422 e. The molecule has 1 heterocycles. The van der Waals surface area contributed by atoms with Gasteiger partial charge in [-0.05, 0) is 36.2 Å². The van der Waals surface area contributed by atoms with Gasteiger partial charge in [-0.25, -0.2) is 14.4 Å². The third-order valence-electron chi connectivity index (χ3n) is 3.30. The number of halogens is 4. The van der Waals surface area contributed by atoms with Crippen LogP contribution in [0.3, 0.4) is 0 Å². The van der Waals surface area contributed by atoms with E-state index < -0.39 is 12.8 Å². The van der Waals surface area contributed by atoms with Crippen LogP contribution < -0.4 is 15.4 Å². The van der Waals surface area contributed by atoms with Crippen molar-refractivity contribution in [1.29, 1.82) is 0 Å². The van der Waals surface area contributed by atoms with Gasteiger partial charge in [0.05, 0.1) is 6.54 Å². The number of aromatic nitrogens is 1. The Balaban J connectivity index is 1.95. The number of hydrogen-bond donors (Lipinski definition) is 2. The van der Waals surface area contributed by atoms with E-state index in [0.717, 1.165) is 5.56 Å². The first kappa shape index (κ1) is 20.5. The van der Waals surface area contributed by atoms with E-state index in [4.69, 9.17) is 0 Å². The van der Waals surface area contributed by atoms with E-state index in [1.54, 1.807) is 18.2 Å². The van der Waals surface area contributed by atoms with Gasteiger partial charge in [-0.3, -0.25) is 0 Å². The number of nitrogens with zero attached hydrogens (tertiary/aromatic N) is 2. The molecule has 9 heteroatoms. The van der Waals surface area contributed by atoms with Crippen LogP contribution in [0.4, 0.5) is 17.6 Å². The lowest BCUT2D eigenvalue weighted by atomic mass is 10.2. The van der Waals surface area contributed by atoms with Gasteiger partial charge in [-0.2, -0.15) is 13.2 Å². The number of alkyl halides is 3. The van der Waals surface area contributed by atoms with Gasteiger partial charge in [0.15, 0.2) is 12.6 Å². The first-order chi connectivity index (χ1) is 12.9. The van der Waals surface area contributed by atoms with Crippen LogP contribution in [-0.4, -0.2) is 30.3 Å². The molecule has 1 aromatic heterocycles. The summed E-state index contributed by atoms with van der Waals surface area (Å²) in [6.07, 6.45) is -3.04. The Hall–Kier alpha value is -2.84. The summed E-state index contributed by atoms with van der Waals surface area (Å²) in [7, 11) is 0. The van der Waals surface area contributed by atoms with E-state index in [2.05, 4.69) is 25.3 Å². The number of nitrogens with one attached hydrogen (secondary N) is 2. The standard InChI is InChI=1S/C18H20F4N4O/c1-2-23-17(25-10-13-4-3-5-15(19)8-13)26-11-14-6-7-24-16(9-14)27-12-18(20,21)22/h3-9H,2,10-12H2,1H3,(H2,23,25,26). The van der Waals surface area contributed by atoms with Crippen LogP contribution in [-0.2, 0) is 13.1 Å². The Morgan fingerprint density at radius 2 is 1.96 bits per heavy atom. The molecule has 0 saturated carbocycles. The van der Waals surface area contributed by atoms with Crippen molar-refractivity contribution in [1.82, 2.24) is 15.6 Å². The van der Waals surface area contributed by atoms with Crippen molar-refractivity contribution in [3.05, 3.63) is 59.5 Å². The molecule has 0 spiro atoms. The molecule has 5 nitrogen and oxygen atoms in total. The number of benzene rings is 1. The van der Waals surface area contributed by atoms with Gasteiger partial charge < -0.3 is 15.4 Å². The summed E-state index contributed by atoms with van der Waals surface area (Å²) >= 11 is 0. The van der Waals surface area contributed by atoms with E-state index in [9.17, 15) is 17.6 Å². The normalized spacial score (nSPS) is 12.0. The number of hydrogen-bond acceptors (Lipinski definition) is 3. The molecule has 0 aliphatic rings. The maximum atomic E-state index is 13.2. The molecule has 0 radical (unpaired) electrons. The summed E-state index contributed by atoms with van der Waals surface area (Å²) in [4.78, 5) is 8.12. The summed E-state index contributed by atoms with van der Waals surface area (Å²) in [5.41, 5.74) is 1.40. The first-order valence-electron chi connectivity index (χ1n) is 8.27. The Labute approximate surface area is 154 Å².